The molecule has 0 atom stereocenters. The maximum atomic E-state index is 13.5. The normalized spacial score (nSPS) is 11.6. The maximum absolute atomic E-state index is 13.5. The Hall–Kier alpha value is -3.95. The summed E-state index contributed by atoms with van der Waals surface area (Å²) in [6, 6.07) is 12.5. The monoisotopic (exact) mass is 427 g/mol. The average Bonchev–Trinajstić information content (AvgIpc) is 3.41. The van der Waals surface area contributed by atoms with E-state index in [0.717, 1.165) is 4.68 Å². The number of carboxylic acids is 1. The van der Waals surface area contributed by atoms with Crippen molar-refractivity contribution in [1.29, 1.82) is 0 Å². The first kappa shape index (κ1) is 20.3. The van der Waals surface area contributed by atoms with Gasteiger partial charge in [0.2, 0.25) is 0 Å². The Morgan fingerprint density at radius 2 is 1.81 bits per heavy atom. The minimum atomic E-state index is -4.52. The summed E-state index contributed by atoms with van der Waals surface area (Å²) in [6.07, 6.45) is -1.46. The smallest absolute Gasteiger partial charge is 0.433 e. The molecule has 1 N–H and O–H groups in total. The lowest BCUT2D eigenvalue weighted by Crippen LogP contribution is -2.15. The van der Waals surface area contributed by atoms with Crippen LogP contribution in [0.1, 0.15) is 28.5 Å². The van der Waals surface area contributed by atoms with Gasteiger partial charge >= 0.3 is 12.1 Å². The van der Waals surface area contributed by atoms with Crippen LogP contribution in [0, 0.1) is 0 Å². The van der Waals surface area contributed by atoms with E-state index in [1.165, 1.54) is 35.1 Å². The minimum Gasteiger partial charge on any atom is -0.478 e. The van der Waals surface area contributed by atoms with E-state index in [9.17, 15) is 18.0 Å². The van der Waals surface area contributed by atoms with Crippen LogP contribution >= 0.6 is 0 Å². The van der Waals surface area contributed by atoms with Gasteiger partial charge in [-0.15, -0.1) is 5.10 Å². The van der Waals surface area contributed by atoms with Gasteiger partial charge in [0.05, 0.1) is 29.3 Å². The molecule has 4 aromatic rings. The van der Waals surface area contributed by atoms with Crippen molar-refractivity contribution in [2.45, 2.75) is 19.5 Å². The van der Waals surface area contributed by atoms with Crippen LogP contribution in [-0.4, -0.2) is 35.9 Å². The highest BCUT2D eigenvalue weighted by Crippen LogP contribution is 2.34. The molecule has 0 aliphatic heterocycles. The molecule has 0 amide bonds. The lowest BCUT2D eigenvalue weighted by molar-refractivity contribution is -0.143. The van der Waals surface area contributed by atoms with Gasteiger partial charge in [-0.05, 0) is 42.8 Å². The zero-order chi connectivity index (χ0) is 22.2. The molecule has 7 nitrogen and oxygen atoms in total. The molecule has 0 unspecified atom stereocenters. The van der Waals surface area contributed by atoms with Crippen molar-refractivity contribution in [3.63, 3.8) is 0 Å². The standard InChI is InChI=1S/C21H16F3N5O2/c1-2-13-11-25-29(19(13)21(22,23)24)17-8-6-16(7-9-17)28-12-18(26-27-28)14-4-3-5-15(10-14)20(30)31/h3-12H,2H2,1H3,(H,30,31). The third-order valence-electron chi connectivity index (χ3n) is 4.75. The Kier molecular flexibility index (Phi) is 5.05. The number of alkyl halides is 3. The van der Waals surface area contributed by atoms with Gasteiger partial charge < -0.3 is 5.11 Å². The summed E-state index contributed by atoms with van der Waals surface area (Å²) in [5.74, 6) is -1.05. The molecule has 0 aliphatic carbocycles. The van der Waals surface area contributed by atoms with E-state index in [2.05, 4.69) is 15.4 Å². The van der Waals surface area contributed by atoms with Crippen molar-refractivity contribution < 1.29 is 23.1 Å². The second kappa shape index (κ2) is 7.71. The van der Waals surface area contributed by atoms with Crippen molar-refractivity contribution in [3.8, 4) is 22.6 Å². The van der Waals surface area contributed by atoms with E-state index in [-0.39, 0.29) is 23.2 Å². The van der Waals surface area contributed by atoms with Crippen molar-refractivity contribution in [1.82, 2.24) is 24.8 Å². The van der Waals surface area contributed by atoms with Gasteiger partial charge in [-0.3, -0.25) is 0 Å². The Bertz CT molecular complexity index is 1240. The fourth-order valence-corrected chi connectivity index (χ4v) is 3.22. The highest BCUT2D eigenvalue weighted by atomic mass is 19.4. The number of benzene rings is 2. The lowest BCUT2D eigenvalue weighted by Gasteiger charge is -2.12. The van der Waals surface area contributed by atoms with Crippen LogP contribution in [0.3, 0.4) is 0 Å². The quantitative estimate of drug-likeness (QED) is 0.510. The molecule has 0 saturated carbocycles. The number of carboxylic acid groups (broad SMARTS) is 1. The minimum absolute atomic E-state index is 0.126. The molecule has 0 aliphatic rings. The maximum Gasteiger partial charge on any atom is 0.433 e. The number of nitrogens with zero attached hydrogens (tertiary/aromatic N) is 5. The van der Waals surface area contributed by atoms with E-state index in [4.69, 9.17) is 5.11 Å². The van der Waals surface area contributed by atoms with Crippen molar-refractivity contribution in [2.24, 2.45) is 0 Å². The number of aromatic nitrogens is 5. The summed E-state index contributed by atoms with van der Waals surface area (Å²) < 4.78 is 42.8. The van der Waals surface area contributed by atoms with Gasteiger partial charge in [0, 0.05) is 11.1 Å². The zero-order valence-electron chi connectivity index (χ0n) is 16.2. The van der Waals surface area contributed by atoms with Gasteiger partial charge in [-0.1, -0.05) is 24.3 Å². The topological polar surface area (TPSA) is 85.8 Å². The number of hydrogen-bond donors (Lipinski definition) is 1. The van der Waals surface area contributed by atoms with E-state index in [0.29, 0.717) is 16.9 Å². The largest absolute Gasteiger partial charge is 0.478 e. The molecular weight excluding hydrogens is 411 g/mol. The molecule has 2 heterocycles. The van der Waals surface area contributed by atoms with Crippen molar-refractivity contribution in [2.75, 3.05) is 0 Å². The molecule has 31 heavy (non-hydrogen) atoms. The number of aromatic carboxylic acids is 1. The summed E-state index contributed by atoms with van der Waals surface area (Å²) in [6.45, 7) is 1.65. The van der Waals surface area contributed by atoms with E-state index < -0.39 is 17.8 Å². The molecule has 0 spiro atoms. The molecule has 10 heteroatoms. The average molecular weight is 427 g/mol. The van der Waals surface area contributed by atoms with E-state index in [1.54, 1.807) is 37.4 Å². The number of halogens is 3. The van der Waals surface area contributed by atoms with Crippen LogP contribution in [0.5, 0.6) is 0 Å². The zero-order valence-corrected chi connectivity index (χ0v) is 16.2. The van der Waals surface area contributed by atoms with Gasteiger partial charge in [-0.2, -0.15) is 18.3 Å². The molecule has 4 rings (SSSR count). The Balaban J connectivity index is 1.64. The van der Waals surface area contributed by atoms with Crippen LogP contribution in [0.15, 0.2) is 60.9 Å². The fourth-order valence-electron chi connectivity index (χ4n) is 3.22. The van der Waals surface area contributed by atoms with Crippen LogP contribution in [0.4, 0.5) is 13.2 Å². The van der Waals surface area contributed by atoms with Crippen LogP contribution in [0.2, 0.25) is 0 Å². The molecule has 2 aromatic heterocycles. The molecule has 0 bridgehead atoms. The predicted octanol–water partition coefficient (Wildman–Crippen LogP) is 4.40. The summed E-state index contributed by atoms with van der Waals surface area (Å²) in [5, 5.41) is 21.1. The first-order chi connectivity index (χ1) is 14.8. The third-order valence-corrected chi connectivity index (χ3v) is 4.75. The Morgan fingerprint density at radius 1 is 1.10 bits per heavy atom. The van der Waals surface area contributed by atoms with E-state index in [1.807, 2.05) is 0 Å². The lowest BCUT2D eigenvalue weighted by atomic mass is 10.1. The fraction of sp³-hybridized carbons (Fsp3) is 0.143. The van der Waals surface area contributed by atoms with Crippen LogP contribution in [0.25, 0.3) is 22.6 Å². The number of hydrogen-bond acceptors (Lipinski definition) is 4. The van der Waals surface area contributed by atoms with Crippen molar-refractivity contribution in [3.05, 3.63) is 77.7 Å². The van der Waals surface area contributed by atoms with Gasteiger partial charge in [0.15, 0.2) is 5.69 Å². The van der Waals surface area contributed by atoms with Gasteiger partial charge in [-0.25, -0.2) is 14.2 Å². The van der Waals surface area contributed by atoms with Gasteiger partial charge in [0.1, 0.15) is 5.69 Å². The second-order valence-corrected chi connectivity index (χ2v) is 6.73. The van der Waals surface area contributed by atoms with Crippen LogP contribution in [-0.2, 0) is 12.6 Å². The van der Waals surface area contributed by atoms with Crippen molar-refractivity contribution >= 4 is 5.97 Å². The first-order valence-electron chi connectivity index (χ1n) is 9.29. The number of aryl methyl sites for hydroxylation is 1. The highest BCUT2D eigenvalue weighted by molar-refractivity contribution is 5.89. The van der Waals surface area contributed by atoms with Crippen LogP contribution < -0.4 is 0 Å². The molecule has 158 valence electrons. The summed E-state index contributed by atoms with van der Waals surface area (Å²) in [4.78, 5) is 11.1. The predicted molar refractivity (Wildman–Crippen MR) is 105 cm³/mol. The molecule has 0 fully saturated rings. The number of rotatable bonds is 5. The second-order valence-electron chi connectivity index (χ2n) is 6.73. The first-order valence-corrected chi connectivity index (χ1v) is 9.29. The summed E-state index contributed by atoms with van der Waals surface area (Å²) in [7, 11) is 0. The SMILES string of the molecule is CCc1cnn(-c2ccc(-n3cc(-c4cccc(C(=O)O)c4)nn3)cc2)c1C(F)(F)F. The van der Waals surface area contributed by atoms with Gasteiger partial charge in [0.25, 0.3) is 0 Å². The molecule has 2 aromatic carbocycles. The number of carbonyl (C=O) groups is 1. The summed E-state index contributed by atoms with van der Waals surface area (Å²) in [5.41, 5.74) is 1.36. The third kappa shape index (κ3) is 3.91. The van der Waals surface area contributed by atoms with E-state index >= 15 is 0 Å². The molecule has 0 radical (unpaired) electrons. The molecule has 0 saturated heterocycles. The molecular formula is C21H16F3N5O2. The Morgan fingerprint density at radius 3 is 2.45 bits per heavy atom. The summed E-state index contributed by atoms with van der Waals surface area (Å²) >= 11 is 0. The Labute approximate surface area is 174 Å². The highest BCUT2D eigenvalue weighted by Gasteiger charge is 2.38.